The second-order valence-corrected chi connectivity index (χ2v) is 5.20. The largest absolute Gasteiger partial charge is 0.346 e. The summed E-state index contributed by atoms with van der Waals surface area (Å²) < 4.78 is 0. The summed E-state index contributed by atoms with van der Waals surface area (Å²) in [7, 11) is 3.80. The maximum absolute atomic E-state index is 11.7. The Bertz CT molecular complexity index is 199. The highest BCUT2D eigenvalue weighted by Gasteiger charge is 2.11. The lowest BCUT2D eigenvalue weighted by Crippen LogP contribution is -2.39. The lowest BCUT2D eigenvalue weighted by atomic mass is 10.1. The molecule has 0 saturated carbocycles. The Morgan fingerprint density at radius 3 is 2.38 bits per heavy atom. The van der Waals surface area contributed by atoms with E-state index in [-0.39, 0.29) is 11.4 Å². The number of hydrogen-bond donors (Lipinski definition) is 2. The Morgan fingerprint density at radius 2 is 1.88 bits per heavy atom. The van der Waals surface area contributed by atoms with Crippen LogP contribution in [0, 0.1) is 0 Å². The van der Waals surface area contributed by atoms with Crippen LogP contribution in [-0.4, -0.2) is 50.1 Å². The molecule has 0 aromatic carbocycles. The molecule has 0 unspecified atom stereocenters. The average Bonchev–Trinajstić information content (AvgIpc) is 2.15. The van der Waals surface area contributed by atoms with E-state index in [1.165, 1.54) is 0 Å². The van der Waals surface area contributed by atoms with E-state index in [2.05, 4.69) is 31.4 Å². The number of amides is 1. The first-order chi connectivity index (χ1) is 7.37. The summed E-state index contributed by atoms with van der Waals surface area (Å²) >= 11 is 0. The Hall–Kier alpha value is -0.610. The normalized spacial score (nSPS) is 11.6. The van der Waals surface area contributed by atoms with Gasteiger partial charge in [-0.3, -0.25) is 4.79 Å². The van der Waals surface area contributed by atoms with Crippen molar-refractivity contribution >= 4 is 5.91 Å². The Morgan fingerprint density at radius 1 is 1.25 bits per heavy atom. The van der Waals surface area contributed by atoms with Gasteiger partial charge in [0, 0.05) is 32.1 Å². The highest BCUT2D eigenvalue weighted by Crippen LogP contribution is 1.99. The van der Waals surface area contributed by atoms with Crippen LogP contribution in [0.2, 0.25) is 0 Å². The zero-order chi connectivity index (χ0) is 12.6. The molecule has 0 bridgehead atoms. The van der Waals surface area contributed by atoms with Gasteiger partial charge in [0.05, 0.1) is 0 Å². The summed E-state index contributed by atoms with van der Waals surface area (Å²) in [6, 6.07) is 0. The molecule has 0 aliphatic heterocycles. The standard InChI is InChI=1S/C12H27N3O/c1-12(2,3)14-9-7-11(16)15(5)10-6-8-13-4/h13-14H,6-10H2,1-5H3. The van der Waals surface area contributed by atoms with E-state index in [0.717, 1.165) is 26.1 Å². The molecule has 2 N–H and O–H groups in total. The molecule has 0 aliphatic carbocycles. The quantitative estimate of drug-likeness (QED) is 0.636. The van der Waals surface area contributed by atoms with Gasteiger partial charge in [0.25, 0.3) is 0 Å². The van der Waals surface area contributed by atoms with Gasteiger partial charge >= 0.3 is 0 Å². The first-order valence-corrected chi connectivity index (χ1v) is 6.00. The third kappa shape index (κ3) is 8.68. The van der Waals surface area contributed by atoms with Gasteiger partial charge in [-0.1, -0.05) is 0 Å². The molecule has 0 aromatic heterocycles. The Labute approximate surface area is 99.8 Å². The summed E-state index contributed by atoms with van der Waals surface area (Å²) in [5.74, 6) is 0.216. The van der Waals surface area contributed by atoms with E-state index < -0.39 is 0 Å². The van der Waals surface area contributed by atoms with Crippen LogP contribution in [-0.2, 0) is 4.79 Å². The maximum Gasteiger partial charge on any atom is 0.223 e. The highest BCUT2D eigenvalue weighted by atomic mass is 16.2. The average molecular weight is 229 g/mol. The molecule has 4 nitrogen and oxygen atoms in total. The van der Waals surface area contributed by atoms with Gasteiger partial charge in [0.1, 0.15) is 0 Å². The van der Waals surface area contributed by atoms with Crippen molar-refractivity contribution in [2.24, 2.45) is 0 Å². The van der Waals surface area contributed by atoms with Crippen LogP contribution in [0.25, 0.3) is 0 Å². The topological polar surface area (TPSA) is 44.4 Å². The summed E-state index contributed by atoms with van der Waals surface area (Å²) in [4.78, 5) is 13.5. The summed E-state index contributed by atoms with van der Waals surface area (Å²) in [5.41, 5.74) is 0.0883. The van der Waals surface area contributed by atoms with Crippen molar-refractivity contribution in [3.05, 3.63) is 0 Å². The highest BCUT2D eigenvalue weighted by molar-refractivity contribution is 5.76. The molecule has 0 spiro atoms. The Balaban J connectivity index is 3.63. The van der Waals surface area contributed by atoms with Crippen LogP contribution in [0.5, 0.6) is 0 Å². The first kappa shape index (κ1) is 15.4. The van der Waals surface area contributed by atoms with Crippen molar-refractivity contribution in [1.29, 1.82) is 0 Å². The van der Waals surface area contributed by atoms with Crippen molar-refractivity contribution in [3.8, 4) is 0 Å². The van der Waals surface area contributed by atoms with E-state index in [1.807, 2.05) is 19.0 Å². The zero-order valence-electron chi connectivity index (χ0n) is 11.4. The Kier molecular flexibility index (Phi) is 7.34. The van der Waals surface area contributed by atoms with Crippen LogP contribution in [0.1, 0.15) is 33.6 Å². The molecule has 16 heavy (non-hydrogen) atoms. The van der Waals surface area contributed by atoms with E-state index >= 15 is 0 Å². The van der Waals surface area contributed by atoms with Crippen LogP contribution in [0.4, 0.5) is 0 Å². The monoisotopic (exact) mass is 229 g/mol. The SMILES string of the molecule is CNCCCN(C)C(=O)CCNC(C)(C)C. The van der Waals surface area contributed by atoms with Gasteiger partial charge in [-0.2, -0.15) is 0 Å². The summed E-state index contributed by atoms with van der Waals surface area (Å²) in [6.45, 7) is 8.85. The molecule has 96 valence electrons. The minimum absolute atomic E-state index is 0.0883. The van der Waals surface area contributed by atoms with Gasteiger partial charge in [0.15, 0.2) is 0 Å². The van der Waals surface area contributed by atoms with Crippen LogP contribution in [0.3, 0.4) is 0 Å². The fourth-order valence-corrected chi connectivity index (χ4v) is 1.35. The molecule has 0 fully saturated rings. The second-order valence-electron chi connectivity index (χ2n) is 5.20. The molecule has 0 aromatic rings. The summed E-state index contributed by atoms with van der Waals surface area (Å²) in [5, 5.41) is 6.39. The van der Waals surface area contributed by atoms with Crippen molar-refractivity contribution < 1.29 is 4.79 Å². The predicted molar refractivity (Wildman–Crippen MR) is 68.6 cm³/mol. The number of nitrogens with zero attached hydrogens (tertiary/aromatic N) is 1. The van der Waals surface area contributed by atoms with Crippen LogP contribution in [0.15, 0.2) is 0 Å². The molecule has 1 amide bonds. The molecule has 0 atom stereocenters. The van der Waals surface area contributed by atoms with Crippen molar-refractivity contribution in [3.63, 3.8) is 0 Å². The number of carbonyl (C=O) groups is 1. The van der Waals surface area contributed by atoms with Gasteiger partial charge in [-0.05, 0) is 40.8 Å². The summed E-state index contributed by atoms with van der Waals surface area (Å²) in [6.07, 6.45) is 1.58. The molecule has 0 heterocycles. The van der Waals surface area contributed by atoms with E-state index in [1.54, 1.807) is 0 Å². The van der Waals surface area contributed by atoms with Crippen molar-refractivity contribution in [1.82, 2.24) is 15.5 Å². The van der Waals surface area contributed by atoms with Crippen molar-refractivity contribution in [2.45, 2.75) is 39.2 Å². The molecule has 0 aliphatic rings. The maximum atomic E-state index is 11.7. The molecule has 0 saturated heterocycles. The predicted octanol–water partition coefficient (Wildman–Crippen LogP) is 0.833. The molecule has 4 heteroatoms. The van der Waals surface area contributed by atoms with Gasteiger partial charge in [-0.25, -0.2) is 0 Å². The van der Waals surface area contributed by atoms with Gasteiger partial charge in [0.2, 0.25) is 5.91 Å². The van der Waals surface area contributed by atoms with E-state index in [4.69, 9.17) is 0 Å². The molecule has 0 rings (SSSR count). The van der Waals surface area contributed by atoms with Gasteiger partial charge < -0.3 is 15.5 Å². The van der Waals surface area contributed by atoms with Crippen LogP contribution < -0.4 is 10.6 Å². The van der Waals surface area contributed by atoms with E-state index in [9.17, 15) is 4.79 Å². The first-order valence-electron chi connectivity index (χ1n) is 6.00. The number of rotatable bonds is 7. The van der Waals surface area contributed by atoms with E-state index in [0.29, 0.717) is 6.42 Å². The lowest BCUT2D eigenvalue weighted by Gasteiger charge is -2.22. The minimum Gasteiger partial charge on any atom is -0.346 e. The molecular formula is C12H27N3O. The fraction of sp³-hybridized carbons (Fsp3) is 0.917. The van der Waals surface area contributed by atoms with Crippen molar-refractivity contribution in [2.75, 3.05) is 33.7 Å². The van der Waals surface area contributed by atoms with Crippen LogP contribution >= 0.6 is 0 Å². The minimum atomic E-state index is 0.0883. The van der Waals surface area contributed by atoms with Gasteiger partial charge in [-0.15, -0.1) is 0 Å². The lowest BCUT2D eigenvalue weighted by molar-refractivity contribution is -0.129. The zero-order valence-corrected chi connectivity index (χ0v) is 11.4. The fourth-order valence-electron chi connectivity index (χ4n) is 1.35. The molecular weight excluding hydrogens is 202 g/mol. The number of nitrogens with one attached hydrogen (secondary N) is 2. The third-order valence-electron chi connectivity index (χ3n) is 2.34. The molecule has 0 radical (unpaired) electrons. The third-order valence-corrected chi connectivity index (χ3v) is 2.34. The number of carbonyl (C=O) groups excluding carboxylic acids is 1. The number of hydrogen-bond acceptors (Lipinski definition) is 3. The second kappa shape index (κ2) is 7.63. The smallest absolute Gasteiger partial charge is 0.223 e.